The lowest BCUT2D eigenvalue weighted by atomic mass is 10.0. The van der Waals surface area contributed by atoms with Crippen molar-refractivity contribution in [2.75, 3.05) is 32.7 Å². The van der Waals surface area contributed by atoms with Crippen LogP contribution in [0.3, 0.4) is 0 Å². The molecule has 0 aromatic heterocycles. The Labute approximate surface area is 184 Å². The Bertz CT molecular complexity index is 870. The molecule has 2 aromatic rings. The van der Waals surface area contributed by atoms with Crippen molar-refractivity contribution in [1.82, 2.24) is 15.1 Å². The number of hydrogen-bond acceptors (Lipinski definition) is 4. The molecule has 3 rings (SSSR count). The van der Waals surface area contributed by atoms with Crippen LogP contribution in [0.4, 0.5) is 18.0 Å². The Kier molecular flexibility index (Phi) is 8.10. The zero-order valence-corrected chi connectivity index (χ0v) is 17.6. The van der Waals surface area contributed by atoms with Gasteiger partial charge in [-0.25, -0.2) is 4.79 Å². The molecule has 1 aliphatic heterocycles. The van der Waals surface area contributed by atoms with Gasteiger partial charge in [0.25, 0.3) is 0 Å². The molecule has 0 aliphatic carbocycles. The van der Waals surface area contributed by atoms with Crippen molar-refractivity contribution >= 4 is 12.0 Å². The summed E-state index contributed by atoms with van der Waals surface area (Å²) in [4.78, 5) is 28.3. The van der Waals surface area contributed by atoms with Crippen molar-refractivity contribution in [3.05, 3.63) is 71.8 Å². The minimum absolute atomic E-state index is 0.0645. The van der Waals surface area contributed by atoms with E-state index < -0.39 is 24.9 Å². The van der Waals surface area contributed by atoms with Crippen molar-refractivity contribution in [2.45, 2.75) is 25.2 Å². The summed E-state index contributed by atoms with van der Waals surface area (Å²) in [6.45, 7) is -0.340. The number of hydrogen-bond donors (Lipinski definition) is 1. The second-order valence-corrected chi connectivity index (χ2v) is 7.66. The lowest BCUT2D eigenvalue weighted by molar-refractivity contribution is -0.152. The molecular formula is C23H26F3N3O3. The number of amides is 2. The van der Waals surface area contributed by atoms with Crippen LogP contribution in [0.15, 0.2) is 60.7 Å². The summed E-state index contributed by atoms with van der Waals surface area (Å²) in [5, 5.41) is 2.64. The summed E-state index contributed by atoms with van der Waals surface area (Å²) < 4.78 is 43.1. The van der Waals surface area contributed by atoms with Gasteiger partial charge in [0.05, 0.1) is 6.54 Å². The predicted octanol–water partition coefficient (Wildman–Crippen LogP) is 3.23. The number of alkyl halides is 3. The molecule has 1 aliphatic rings. The number of halogens is 3. The zero-order chi connectivity index (χ0) is 23.0. The van der Waals surface area contributed by atoms with Gasteiger partial charge in [-0.15, -0.1) is 0 Å². The predicted molar refractivity (Wildman–Crippen MR) is 113 cm³/mol. The number of nitrogens with one attached hydrogen (secondary N) is 1. The van der Waals surface area contributed by atoms with Gasteiger partial charge in [0, 0.05) is 32.6 Å². The van der Waals surface area contributed by atoms with Gasteiger partial charge < -0.3 is 15.0 Å². The molecule has 0 spiro atoms. The van der Waals surface area contributed by atoms with Gasteiger partial charge in [-0.3, -0.25) is 9.69 Å². The molecule has 0 unspecified atom stereocenters. The first-order valence-corrected chi connectivity index (χ1v) is 10.4. The lowest BCUT2D eigenvalue weighted by Gasteiger charge is -2.36. The normalized spacial score (nSPS) is 15.8. The van der Waals surface area contributed by atoms with E-state index in [2.05, 4.69) is 5.32 Å². The van der Waals surface area contributed by atoms with E-state index in [9.17, 15) is 22.8 Å². The van der Waals surface area contributed by atoms with Gasteiger partial charge in [0.1, 0.15) is 12.6 Å². The molecule has 1 fully saturated rings. The first-order valence-electron chi connectivity index (χ1n) is 10.4. The Hall–Kier alpha value is -3.07. The summed E-state index contributed by atoms with van der Waals surface area (Å²) in [6.07, 6.45) is -4.74. The molecule has 6 nitrogen and oxygen atoms in total. The Morgan fingerprint density at radius 3 is 2.03 bits per heavy atom. The molecule has 1 N–H and O–H groups in total. The largest absolute Gasteiger partial charge is 0.445 e. The molecule has 9 heteroatoms. The van der Waals surface area contributed by atoms with Crippen LogP contribution in [0.5, 0.6) is 0 Å². The van der Waals surface area contributed by atoms with Crippen molar-refractivity contribution in [2.24, 2.45) is 0 Å². The third-order valence-electron chi connectivity index (χ3n) is 5.17. The molecule has 32 heavy (non-hydrogen) atoms. The highest BCUT2D eigenvalue weighted by Crippen LogP contribution is 2.18. The van der Waals surface area contributed by atoms with Crippen LogP contribution in [0.2, 0.25) is 0 Å². The highest BCUT2D eigenvalue weighted by molar-refractivity contribution is 5.86. The fraction of sp³-hybridized carbons (Fsp3) is 0.391. The monoisotopic (exact) mass is 449 g/mol. The van der Waals surface area contributed by atoms with Crippen molar-refractivity contribution in [1.29, 1.82) is 0 Å². The van der Waals surface area contributed by atoms with Crippen LogP contribution in [0, 0.1) is 0 Å². The molecule has 2 aromatic carbocycles. The average molecular weight is 449 g/mol. The summed E-state index contributed by atoms with van der Waals surface area (Å²) >= 11 is 0. The maximum Gasteiger partial charge on any atom is 0.408 e. The summed E-state index contributed by atoms with van der Waals surface area (Å²) in [6, 6.07) is 17.5. The molecule has 0 saturated carbocycles. The highest BCUT2D eigenvalue weighted by atomic mass is 19.4. The van der Waals surface area contributed by atoms with Crippen LogP contribution in [-0.2, 0) is 22.6 Å². The topological polar surface area (TPSA) is 61.9 Å². The molecule has 2 amide bonds. The fourth-order valence-electron chi connectivity index (χ4n) is 3.56. The van der Waals surface area contributed by atoms with E-state index in [1.807, 2.05) is 60.7 Å². The maximum atomic E-state index is 13.1. The minimum Gasteiger partial charge on any atom is -0.445 e. The number of rotatable bonds is 7. The van der Waals surface area contributed by atoms with Gasteiger partial charge in [0.15, 0.2) is 0 Å². The molecule has 1 atom stereocenters. The number of piperazine rings is 1. The van der Waals surface area contributed by atoms with Crippen molar-refractivity contribution < 1.29 is 27.5 Å². The van der Waals surface area contributed by atoms with E-state index in [1.54, 1.807) is 0 Å². The van der Waals surface area contributed by atoms with Gasteiger partial charge >= 0.3 is 12.3 Å². The second-order valence-electron chi connectivity index (χ2n) is 7.66. The third-order valence-corrected chi connectivity index (χ3v) is 5.17. The van der Waals surface area contributed by atoms with Crippen molar-refractivity contribution in [3.63, 3.8) is 0 Å². The zero-order valence-electron chi connectivity index (χ0n) is 17.6. The molecule has 1 saturated heterocycles. The van der Waals surface area contributed by atoms with E-state index in [-0.39, 0.29) is 45.1 Å². The maximum absolute atomic E-state index is 13.1. The van der Waals surface area contributed by atoms with Crippen LogP contribution >= 0.6 is 0 Å². The Morgan fingerprint density at radius 1 is 0.906 bits per heavy atom. The first kappa shape index (κ1) is 23.6. The standard InChI is InChI=1S/C23H26F3N3O3/c24-23(25,26)17-28-11-13-29(14-12-28)21(30)20(15-18-7-3-1-4-8-18)27-22(31)32-16-19-9-5-2-6-10-19/h1-10,20H,11-17H2,(H,27,31)/t20-/m1/s1. The number of carbonyl (C=O) groups is 2. The number of benzene rings is 2. The van der Waals surface area contributed by atoms with Crippen LogP contribution in [0.1, 0.15) is 11.1 Å². The average Bonchev–Trinajstić information content (AvgIpc) is 2.78. The molecule has 0 bridgehead atoms. The number of nitrogens with zero attached hydrogens (tertiary/aromatic N) is 2. The molecule has 0 radical (unpaired) electrons. The van der Waals surface area contributed by atoms with E-state index in [4.69, 9.17) is 4.74 Å². The Morgan fingerprint density at radius 2 is 1.47 bits per heavy atom. The SMILES string of the molecule is O=C(N[C@H](Cc1ccccc1)C(=O)N1CCN(CC(F)(F)F)CC1)OCc1ccccc1. The van der Waals surface area contributed by atoms with Crippen LogP contribution < -0.4 is 5.32 Å². The minimum atomic E-state index is -4.27. The number of ether oxygens (including phenoxy) is 1. The van der Waals surface area contributed by atoms with Crippen LogP contribution in [0.25, 0.3) is 0 Å². The fourth-order valence-corrected chi connectivity index (χ4v) is 3.56. The quantitative estimate of drug-likeness (QED) is 0.705. The van der Waals surface area contributed by atoms with Gasteiger partial charge in [-0.1, -0.05) is 60.7 Å². The van der Waals surface area contributed by atoms with E-state index in [1.165, 1.54) is 9.80 Å². The molecular weight excluding hydrogens is 423 g/mol. The molecule has 172 valence electrons. The first-order chi connectivity index (χ1) is 15.3. The van der Waals surface area contributed by atoms with Gasteiger partial charge in [0.2, 0.25) is 5.91 Å². The van der Waals surface area contributed by atoms with Crippen LogP contribution in [-0.4, -0.2) is 66.7 Å². The van der Waals surface area contributed by atoms with E-state index in [0.29, 0.717) is 0 Å². The highest BCUT2D eigenvalue weighted by Gasteiger charge is 2.34. The Balaban J connectivity index is 1.60. The van der Waals surface area contributed by atoms with E-state index >= 15 is 0 Å². The number of carbonyl (C=O) groups excluding carboxylic acids is 2. The second kappa shape index (κ2) is 11.0. The summed E-state index contributed by atoms with van der Waals surface area (Å²) in [5.74, 6) is -0.336. The smallest absolute Gasteiger partial charge is 0.408 e. The van der Waals surface area contributed by atoms with Gasteiger partial charge in [-0.2, -0.15) is 13.2 Å². The van der Waals surface area contributed by atoms with Crippen molar-refractivity contribution in [3.8, 4) is 0 Å². The molecule has 1 heterocycles. The lowest BCUT2D eigenvalue weighted by Crippen LogP contribution is -2.56. The van der Waals surface area contributed by atoms with Gasteiger partial charge in [-0.05, 0) is 11.1 Å². The van der Waals surface area contributed by atoms with E-state index in [0.717, 1.165) is 11.1 Å². The summed E-state index contributed by atoms with van der Waals surface area (Å²) in [7, 11) is 0. The number of alkyl carbamates (subject to hydrolysis) is 1. The third kappa shape index (κ3) is 7.56. The summed E-state index contributed by atoms with van der Waals surface area (Å²) in [5.41, 5.74) is 1.67.